The largest absolute Gasteiger partial charge is 0.489 e. The molecule has 25 heavy (non-hydrogen) atoms. The van der Waals surface area contributed by atoms with E-state index in [2.05, 4.69) is 10.5 Å². The highest BCUT2D eigenvalue weighted by atomic mass is 16.6. The van der Waals surface area contributed by atoms with Crippen LogP contribution in [0.4, 0.5) is 0 Å². The van der Waals surface area contributed by atoms with Gasteiger partial charge in [0.05, 0.1) is 0 Å². The summed E-state index contributed by atoms with van der Waals surface area (Å²) in [7, 11) is 1.34. The highest BCUT2D eigenvalue weighted by Crippen LogP contribution is 2.19. The van der Waals surface area contributed by atoms with Gasteiger partial charge >= 0.3 is 0 Å². The zero-order valence-electron chi connectivity index (χ0n) is 14.4. The highest BCUT2D eigenvalue weighted by molar-refractivity contribution is 6.47. The third kappa shape index (κ3) is 4.91. The first-order valence-electron chi connectivity index (χ1n) is 7.72. The molecule has 0 radical (unpaired) electrons. The van der Waals surface area contributed by atoms with Gasteiger partial charge in [0, 0.05) is 12.5 Å². The number of benzene rings is 2. The zero-order chi connectivity index (χ0) is 18.2. The van der Waals surface area contributed by atoms with Crippen molar-refractivity contribution in [3.63, 3.8) is 0 Å². The number of aryl methyl sites for hydroxylation is 1. The van der Waals surface area contributed by atoms with Crippen LogP contribution >= 0.6 is 0 Å². The van der Waals surface area contributed by atoms with E-state index in [1.54, 1.807) is 12.1 Å². The molecule has 2 aromatic carbocycles. The first-order chi connectivity index (χ1) is 12.0. The summed E-state index contributed by atoms with van der Waals surface area (Å²) < 4.78 is 5.86. The van der Waals surface area contributed by atoms with Crippen LogP contribution in [-0.2, 0) is 21.0 Å². The maximum Gasteiger partial charge on any atom is 0.280 e. The summed E-state index contributed by atoms with van der Waals surface area (Å²) in [4.78, 5) is 28.2. The van der Waals surface area contributed by atoms with Gasteiger partial charge in [-0.15, -0.1) is 0 Å². The molecule has 0 saturated carbocycles. The highest BCUT2D eigenvalue weighted by Gasteiger charge is 2.19. The second-order valence-corrected chi connectivity index (χ2v) is 5.34. The number of oxime groups is 1. The van der Waals surface area contributed by atoms with E-state index in [0.717, 1.165) is 16.9 Å². The third-order valence-electron chi connectivity index (χ3n) is 3.44. The van der Waals surface area contributed by atoms with Crippen LogP contribution in [0, 0.1) is 6.92 Å². The Morgan fingerprint density at radius 3 is 2.44 bits per heavy atom. The number of ether oxygens (including phenoxy) is 1. The monoisotopic (exact) mass is 340 g/mol. The van der Waals surface area contributed by atoms with E-state index >= 15 is 0 Å². The maximum atomic E-state index is 12.2. The standard InChI is InChI=1S/C19H20N2O4/c1-13-8-4-7-11-17(13)25-12-15-9-5-6-10-16(15)18(21-24-3)19(23)20-14(2)22/h4-11H,12H2,1-3H3,(H,20,22,23). The first-order valence-corrected chi connectivity index (χ1v) is 7.72. The number of amides is 2. The Balaban J connectivity index is 2.29. The van der Waals surface area contributed by atoms with Crippen LogP contribution in [0.15, 0.2) is 53.7 Å². The molecule has 0 unspecified atom stereocenters. The lowest BCUT2D eigenvalue weighted by atomic mass is 10.0. The van der Waals surface area contributed by atoms with Crippen molar-refractivity contribution in [3.05, 3.63) is 65.2 Å². The molecule has 0 heterocycles. The average molecular weight is 340 g/mol. The number of carbonyl (C=O) groups excluding carboxylic acids is 2. The lowest BCUT2D eigenvalue weighted by Gasteiger charge is -2.13. The van der Waals surface area contributed by atoms with Gasteiger partial charge in [-0.2, -0.15) is 0 Å². The SMILES string of the molecule is CON=C(C(=O)NC(C)=O)c1ccccc1COc1ccccc1C. The van der Waals surface area contributed by atoms with Crippen LogP contribution in [0.2, 0.25) is 0 Å². The van der Waals surface area contributed by atoms with Gasteiger partial charge in [0.1, 0.15) is 19.5 Å². The molecule has 0 aromatic heterocycles. The van der Waals surface area contributed by atoms with Crippen molar-refractivity contribution >= 4 is 17.5 Å². The number of nitrogens with one attached hydrogen (secondary N) is 1. The molecular weight excluding hydrogens is 320 g/mol. The molecule has 0 spiro atoms. The van der Waals surface area contributed by atoms with Crippen molar-refractivity contribution in [2.75, 3.05) is 7.11 Å². The summed E-state index contributed by atoms with van der Waals surface area (Å²) in [6, 6.07) is 14.8. The number of imide groups is 1. The maximum absolute atomic E-state index is 12.2. The van der Waals surface area contributed by atoms with Crippen LogP contribution < -0.4 is 10.1 Å². The van der Waals surface area contributed by atoms with Crippen LogP contribution in [0.3, 0.4) is 0 Å². The molecule has 2 rings (SSSR count). The van der Waals surface area contributed by atoms with E-state index in [9.17, 15) is 9.59 Å². The van der Waals surface area contributed by atoms with Crippen LogP contribution in [0.25, 0.3) is 0 Å². The van der Waals surface area contributed by atoms with Crippen molar-refractivity contribution in [1.82, 2.24) is 5.32 Å². The normalized spacial score (nSPS) is 10.9. The number of rotatable bonds is 6. The van der Waals surface area contributed by atoms with E-state index in [1.807, 2.05) is 43.3 Å². The first kappa shape index (κ1) is 18.2. The third-order valence-corrected chi connectivity index (χ3v) is 3.44. The Bertz CT molecular complexity index is 800. The zero-order valence-corrected chi connectivity index (χ0v) is 14.4. The Kier molecular flexibility index (Phi) is 6.28. The minimum Gasteiger partial charge on any atom is -0.489 e. The molecule has 6 heteroatoms. The number of carbonyl (C=O) groups is 2. The van der Waals surface area contributed by atoms with Crippen molar-refractivity contribution in [1.29, 1.82) is 0 Å². The molecule has 0 bridgehead atoms. The van der Waals surface area contributed by atoms with Gasteiger partial charge in [-0.05, 0) is 24.1 Å². The second kappa shape index (κ2) is 8.63. The van der Waals surface area contributed by atoms with E-state index in [0.29, 0.717) is 5.56 Å². The number of hydrogen-bond donors (Lipinski definition) is 1. The topological polar surface area (TPSA) is 77.0 Å². The molecular formula is C19H20N2O4. The van der Waals surface area contributed by atoms with Gasteiger partial charge in [0.25, 0.3) is 5.91 Å². The number of para-hydroxylation sites is 1. The molecule has 0 aliphatic carbocycles. The summed E-state index contributed by atoms with van der Waals surface area (Å²) in [6.45, 7) is 3.46. The molecule has 2 amide bonds. The Hall–Kier alpha value is -3.15. The van der Waals surface area contributed by atoms with Crippen molar-refractivity contribution in [3.8, 4) is 5.75 Å². The van der Waals surface area contributed by atoms with E-state index in [1.165, 1.54) is 14.0 Å². The predicted octanol–water partition coefficient (Wildman–Crippen LogP) is 2.59. The van der Waals surface area contributed by atoms with Gasteiger partial charge < -0.3 is 9.57 Å². The van der Waals surface area contributed by atoms with Crippen LogP contribution in [0.5, 0.6) is 5.75 Å². The van der Waals surface area contributed by atoms with Crippen molar-refractivity contribution in [2.24, 2.45) is 5.16 Å². The lowest BCUT2D eigenvalue weighted by Crippen LogP contribution is -2.35. The second-order valence-electron chi connectivity index (χ2n) is 5.34. The molecule has 130 valence electrons. The fraction of sp³-hybridized carbons (Fsp3) is 0.211. The van der Waals surface area contributed by atoms with Gasteiger partial charge in [-0.3, -0.25) is 14.9 Å². The Morgan fingerprint density at radius 1 is 1.08 bits per heavy atom. The van der Waals surface area contributed by atoms with Crippen molar-refractivity contribution in [2.45, 2.75) is 20.5 Å². The predicted molar refractivity (Wildman–Crippen MR) is 94.3 cm³/mol. The van der Waals surface area contributed by atoms with Gasteiger partial charge in [0.15, 0.2) is 5.71 Å². The van der Waals surface area contributed by atoms with Gasteiger partial charge in [-0.1, -0.05) is 47.6 Å². The molecule has 2 aromatic rings. The van der Waals surface area contributed by atoms with Crippen LogP contribution in [0.1, 0.15) is 23.6 Å². The number of nitrogens with zero attached hydrogens (tertiary/aromatic N) is 1. The molecule has 1 N–H and O–H groups in total. The molecule has 0 atom stereocenters. The summed E-state index contributed by atoms with van der Waals surface area (Å²) in [5.41, 5.74) is 2.32. The minimum atomic E-state index is -0.627. The summed E-state index contributed by atoms with van der Waals surface area (Å²) in [5, 5.41) is 5.98. The van der Waals surface area contributed by atoms with Crippen LogP contribution in [-0.4, -0.2) is 24.6 Å². The van der Waals surface area contributed by atoms with E-state index in [4.69, 9.17) is 9.57 Å². The fourth-order valence-electron chi connectivity index (χ4n) is 2.27. The van der Waals surface area contributed by atoms with Gasteiger partial charge in [-0.25, -0.2) is 0 Å². The molecule has 6 nitrogen and oxygen atoms in total. The molecule has 0 saturated heterocycles. The summed E-state index contributed by atoms with van der Waals surface area (Å²) >= 11 is 0. The summed E-state index contributed by atoms with van der Waals surface area (Å²) in [6.07, 6.45) is 0. The quantitative estimate of drug-likeness (QED) is 0.648. The Labute approximate surface area is 146 Å². The molecule has 0 aliphatic rings. The molecule has 0 fully saturated rings. The molecule has 0 aliphatic heterocycles. The fourth-order valence-corrected chi connectivity index (χ4v) is 2.27. The smallest absolute Gasteiger partial charge is 0.280 e. The average Bonchev–Trinajstić information content (AvgIpc) is 2.59. The van der Waals surface area contributed by atoms with E-state index < -0.39 is 11.8 Å². The number of hydrogen-bond acceptors (Lipinski definition) is 5. The minimum absolute atomic E-state index is 0.0154. The van der Waals surface area contributed by atoms with Crippen molar-refractivity contribution < 1.29 is 19.2 Å². The lowest BCUT2D eigenvalue weighted by molar-refractivity contribution is -0.125. The van der Waals surface area contributed by atoms with E-state index in [-0.39, 0.29) is 12.3 Å². The van der Waals surface area contributed by atoms with Gasteiger partial charge in [0.2, 0.25) is 5.91 Å². The summed E-state index contributed by atoms with van der Waals surface area (Å²) in [5.74, 6) is -0.337. The Morgan fingerprint density at radius 2 is 1.76 bits per heavy atom.